The summed E-state index contributed by atoms with van der Waals surface area (Å²) in [5, 5.41) is 5.41. The van der Waals surface area contributed by atoms with Crippen LogP contribution in [-0.2, 0) is 4.79 Å². The summed E-state index contributed by atoms with van der Waals surface area (Å²) in [5.74, 6) is -0.383. The van der Waals surface area contributed by atoms with Crippen LogP contribution in [-0.4, -0.2) is 29.9 Å². The van der Waals surface area contributed by atoms with E-state index in [0.717, 1.165) is 5.69 Å². The number of carbonyl (C=O) groups excluding carboxylic acids is 2. The Hall–Kier alpha value is -1.62. The van der Waals surface area contributed by atoms with E-state index in [1.165, 1.54) is 6.07 Å². The zero-order chi connectivity index (χ0) is 14.4. The van der Waals surface area contributed by atoms with Gasteiger partial charge in [0.1, 0.15) is 5.15 Å². The van der Waals surface area contributed by atoms with E-state index in [-0.39, 0.29) is 29.4 Å². The number of rotatable bonds is 5. The Kier molecular flexibility index (Phi) is 5.76. The summed E-state index contributed by atoms with van der Waals surface area (Å²) in [4.78, 5) is 27.3. The van der Waals surface area contributed by atoms with E-state index < -0.39 is 0 Å². The molecule has 1 heterocycles. The molecule has 6 heteroatoms. The number of aromatic nitrogens is 1. The van der Waals surface area contributed by atoms with Gasteiger partial charge in [0.05, 0.1) is 6.54 Å². The summed E-state index contributed by atoms with van der Waals surface area (Å²) < 4.78 is 0. The van der Waals surface area contributed by atoms with Crippen LogP contribution in [0.2, 0.25) is 5.15 Å². The summed E-state index contributed by atoms with van der Waals surface area (Å²) in [5.41, 5.74) is 1.16. The normalized spacial score (nSPS) is 10.4. The molecule has 5 nitrogen and oxygen atoms in total. The van der Waals surface area contributed by atoms with Crippen molar-refractivity contribution in [3.63, 3.8) is 0 Å². The number of hydrogen-bond acceptors (Lipinski definition) is 3. The minimum Gasteiger partial charge on any atom is -0.355 e. The van der Waals surface area contributed by atoms with Crippen LogP contribution in [0.15, 0.2) is 12.1 Å². The van der Waals surface area contributed by atoms with Crippen LogP contribution in [0.25, 0.3) is 0 Å². The minimum atomic E-state index is -0.336. The number of amides is 2. The van der Waals surface area contributed by atoms with Gasteiger partial charge < -0.3 is 10.6 Å². The first-order chi connectivity index (χ1) is 8.93. The van der Waals surface area contributed by atoms with Crippen LogP contribution in [0.3, 0.4) is 0 Å². The molecular formula is C13H18ClN3O2. The molecule has 0 bridgehead atoms. The number of hydrogen-bond donors (Lipinski definition) is 2. The third kappa shape index (κ3) is 4.87. The number of likely N-dealkylation sites (N-methyl/N-ethyl adjacent to an activating group) is 1. The van der Waals surface area contributed by atoms with Gasteiger partial charge in [-0.25, -0.2) is 4.98 Å². The van der Waals surface area contributed by atoms with Crippen LogP contribution < -0.4 is 10.6 Å². The van der Waals surface area contributed by atoms with Crippen molar-refractivity contribution in [2.75, 3.05) is 13.1 Å². The summed E-state index contributed by atoms with van der Waals surface area (Å²) in [6, 6.07) is 3.17. The highest BCUT2D eigenvalue weighted by molar-refractivity contribution is 6.29. The molecular weight excluding hydrogens is 266 g/mol. The second-order valence-corrected chi connectivity index (χ2v) is 4.78. The molecule has 2 N–H and O–H groups in total. The Labute approximate surface area is 117 Å². The lowest BCUT2D eigenvalue weighted by atomic mass is 10.1. The Morgan fingerprint density at radius 2 is 2.00 bits per heavy atom. The van der Waals surface area contributed by atoms with E-state index in [9.17, 15) is 9.59 Å². The van der Waals surface area contributed by atoms with Crippen LogP contribution in [0.4, 0.5) is 0 Å². The van der Waals surface area contributed by atoms with Gasteiger partial charge in [-0.2, -0.15) is 0 Å². The average molecular weight is 284 g/mol. The lowest BCUT2D eigenvalue weighted by Crippen LogP contribution is -2.36. The molecule has 0 saturated heterocycles. The third-order valence-corrected chi connectivity index (χ3v) is 2.64. The minimum absolute atomic E-state index is 0.0520. The lowest BCUT2D eigenvalue weighted by molar-refractivity contribution is -0.120. The monoisotopic (exact) mass is 283 g/mol. The molecule has 0 aliphatic rings. The van der Waals surface area contributed by atoms with Crippen LogP contribution in [0.1, 0.15) is 42.7 Å². The first-order valence-electron chi connectivity index (χ1n) is 6.16. The Morgan fingerprint density at radius 1 is 1.32 bits per heavy atom. The molecule has 0 radical (unpaired) electrons. The quantitative estimate of drug-likeness (QED) is 0.809. The zero-order valence-corrected chi connectivity index (χ0v) is 12.0. The number of halogens is 1. The molecule has 0 fully saturated rings. The SMILES string of the molecule is CCNC(=O)CNC(=O)c1cc(Cl)nc(C(C)C)c1. The van der Waals surface area contributed by atoms with Crippen LogP contribution >= 0.6 is 11.6 Å². The van der Waals surface area contributed by atoms with Crippen molar-refractivity contribution in [3.8, 4) is 0 Å². The highest BCUT2D eigenvalue weighted by atomic mass is 35.5. The van der Waals surface area contributed by atoms with E-state index >= 15 is 0 Å². The smallest absolute Gasteiger partial charge is 0.251 e. The number of pyridine rings is 1. The van der Waals surface area contributed by atoms with Gasteiger partial charge in [-0.1, -0.05) is 25.4 Å². The third-order valence-electron chi connectivity index (χ3n) is 2.45. The van der Waals surface area contributed by atoms with Crippen molar-refractivity contribution in [2.24, 2.45) is 0 Å². The molecule has 1 aromatic rings. The standard InChI is InChI=1S/C13H18ClN3O2/c1-4-15-12(18)7-16-13(19)9-5-10(8(2)3)17-11(14)6-9/h5-6,8H,4,7H2,1-3H3,(H,15,18)(H,16,19). The predicted molar refractivity (Wildman–Crippen MR) is 74.4 cm³/mol. The van der Waals surface area contributed by atoms with Gasteiger partial charge in [-0.3, -0.25) is 9.59 Å². The van der Waals surface area contributed by atoms with Crippen molar-refractivity contribution in [1.29, 1.82) is 0 Å². The largest absolute Gasteiger partial charge is 0.355 e. The van der Waals surface area contributed by atoms with Crippen molar-refractivity contribution in [3.05, 3.63) is 28.5 Å². The Balaban J connectivity index is 2.74. The van der Waals surface area contributed by atoms with E-state index in [2.05, 4.69) is 15.6 Å². The second kappa shape index (κ2) is 7.09. The van der Waals surface area contributed by atoms with Gasteiger partial charge in [0.2, 0.25) is 5.91 Å². The lowest BCUT2D eigenvalue weighted by Gasteiger charge is -2.09. The zero-order valence-electron chi connectivity index (χ0n) is 11.3. The van der Waals surface area contributed by atoms with Gasteiger partial charge in [-0.15, -0.1) is 0 Å². The fourth-order valence-corrected chi connectivity index (χ4v) is 1.68. The molecule has 0 unspecified atom stereocenters. The van der Waals surface area contributed by atoms with Gasteiger partial charge in [-0.05, 0) is 25.0 Å². The number of carbonyl (C=O) groups is 2. The predicted octanol–water partition coefficient (Wildman–Crippen LogP) is 1.72. The van der Waals surface area contributed by atoms with Crippen LogP contribution in [0, 0.1) is 0 Å². The van der Waals surface area contributed by atoms with E-state index in [1.807, 2.05) is 20.8 Å². The molecule has 0 saturated carbocycles. The second-order valence-electron chi connectivity index (χ2n) is 4.39. The summed E-state index contributed by atoms with van der Waals surface area (Å²) >= 11 is 5.88. The van der Waals surface area contributed by atoms with Crippen molar-refractivity contribution in [2.45, 2.75) is 26.7 Å². The fraction of sp³-hybridized carbons (Fsp3) is 0.462. The Bertz CT molecular complexity index is 475. The van der Waals surface area contributed by atoms with E-state index in [0.29, 0.717) is 12.1 Å². The van der Waals surface area contributed by atoms with Crippen molar-refractivity contribution in [1.82, 2.24) is 15.6 Å². The maximum atomic E-state index is 11.9. The first kappa shape index (κ1) is 15.4. The van der Waals surface area contributed by atoms with Gasteiger partial charge in [0.15, 0.2) is 0 Å². The molecule has 104 valence electrons. The van der Waals surface area contributed by atoms with Gasteiger partial charge >= 0.3 is 0 Å². The fourth-order valence-electron chi connectivity index (χ4n) is 1.47. The molecule has 0 atom stereocenters. The molecule has 0 spiro atoms. The maximum Gasteiger partial charge on any atom is 0.251 e. The Morgan fingerprint density at radius 3 is 2.58 bits per heavy atom. The van der Waals surface area contributed by atoms with E-state index in [1.54, 1.807) is 6.07 Å². The van der Waals surface area contributed by atoms with Crippen molar-refractivity contribution < 1.29 is 9.59 Å². The molecule has 1 aromatic heterocycles. The van der Waals surface area contributed by atoms with E-state index in [4.69, 9.17) is 11.6 Å². The molecule has 1 rings (SSSR count). The first-order valence-corrected chi connectivity index (χ1v) is 6.54. The molecule has 0 aliphatic heterocycles. The van der Waals surface area contributed by atoms with Crippen molar-refractivity contribution >= 4 is 23.4 Å². The summed E-state index contributed by atoms with van der Waals surface area (Å²) in [6.07, 6.45) is 0. The highest BCUT2D eigenvalue weighted by Gasteiger charge is 2.12. The van der Waals surface area contributed by atoms with Crippen LogP contribution in [0.5, 0.6) is 0 Å². The molecule has 2 amide bonds. The van der Waals surface area contributed by atoms with Gasteiger partial charge in [0, 0.05) is 17.8 Å². The topological polar surface area (TPSA) is 71.1 Å². The number of nitrogens with zero attached hydrogens (tertiary/aromatic N) is 1. The number of nitrogens with one attached hydrogen (secondary N) is 2. The molecule has 0 aliphatic carbocycles. The molecule has 19 heavy (non-hydrogen) atoms. The summed E-state index contributed by atoms with van der Waals surface area (Å²) in [6.45, 7) is 6.23. The highest BCUT2D eigenvalue weighted by Crippen LogP contribution is 2.17. The maximum absolute atomic E-state index is 11.9. The summed E-state index contributed by atoms with van der Waals surface area (Å²) in [7, 11) is 0. The molecule has 0 aromatic carbocycles. The average Bonchev–Trinajstić information content (AvgIpc) is 2.35. The van der Waals surface area contributed by atoms with Gasteiger partial charge in [0.25, 0.3) is 5.91 Å².